The Kier molecular flexibility index (Phi) is 3.82. The first-order valence-corrected chi connectivity index (χ1v) is 6.13. The second kappa shape index (κ2) is 5.34. The average molecular weight is 250 g/mol. The van der Waals surface area contributed by atoms with Crippen molar-refractivity contribution in [3.8, 4) is 0 Å². The molecule has 0 saturated carbocycles. The van der Waals surface area contributed by atoms with E-state index in [1.54, 1.807) is 6.20 Å². The van der Waals surface area contributed by atoms with Crippen LogP contribution in [0.5, 0.6) is 0 Å². The van der Waals surface area contributed by atoms with Crippen molar-refractivity contribution in [3.63, 3.8) is 0 Å². The molecule has 0 amide bonds. The Morgan fingerprint density at radius 2 is 2.06 bits per heavy atom. The molecule has 1 heterocycles. The summed E-state index contributed by atoms with van der Waals surface area (Å²) in [6.45, 7) is 2.94. The van der Waals surface area contributed by atoms with E-state index in [-0.39, 0.29) is 6.04 Å². The van der Waals surface area contributed by atoms with E-state index in [0.29, 0.717) is 5.02 Å². The van der Waals surface area contributed by atoms with E-state index in [0.717, 1.165) is 24.2 Å². The zero-order chi connectivity index (χ0) is 12.3. The average Bonchev–Trinajstić information content (AvgIpc) is 2.71. The number of hydrogen-bond donors (Lipinski definition) is 1. The highest BCUT2D eigenvalue weighted by Gasteiger charge is 2.17. The Hall–Kier alpha value is -1.32. The zero-order valence-corrected chi connectivity index (χ0v) is 10.6. The second-order valence-electron chi connectivity index (χ2n) is 3.99. The summed E-state index contributed by atoms with van der Waals surface area (Å²) in [5.74, 6) is 0. The molecule has 0 radical (unpaired) electrons. The first-order chi connectivity index (χ1) is 8.24. The molecule has 0 saturated heterocycles. The highest BCUT2D eigenvalue weighted by atomic mass is 35.5. The van der Waals surface area contributed by atoms with Gasteiger partial charge in [-0.15, -0.1) is 0 Å². The van der Waals surface area contributed by atoms with Crippen molar-refractivity contribution in [2.24, 2.45) is 5.73 Å². The van der Waals surface area contributed by atoms with Crippen LogP contribution in [0.15, 0.2) is 36.5 Å². The van der Waals surface area contributed by atoms with Crippen LogP contribution in [0.4, 0.5) is 0 Å². The summed E-state index contributed by atoms with van der Waals surface area (Å²) in [6.07, 6.45) is 2.67. The molecular weight excluding hydrogens is 234 g/mol. The number of halogens is 1. The number of nitrogens with two attached hydrogens (primary N) is 1. The van der Waals surface area contributed by atoms with Crippen LogP contribution in [0.25, 0.3) is 0 Å². The number of aromatic nitrogens is 2. The lowest BCUT2D eigenvalue weighted by Crippen LogP contribution is -2.18. The van der Waals surface area contributed by atoms with Gasteiger partial charge in [-0.1, -0.05) is 48.9 Å². The van der Waals surface area contributed by atoms with Crippen molar-refractivity contribution in [1.82, 2.24) is 9.78 Å². The summed E-state index contributed by atoms with van der Waals surface area (Å²) in [5, 5.41) is 4.89. The number of rotatable bonds is 4. The lowest BCUT2D eigenvalue weighted by Gasteiger charge is -2.15. The van der Waals surface area contributed by atoms with E-state index in [1.165, 1.54) is 0 Å². The molecule has 1 aromatic carbocycles. The topological polar surface area (TPSA) is 43.8 Å². The molecule has 0 spiro atoms. The molecule has 17 heavy (non-hydrogen) atoms. The van der Waals surface area contributed by atoms with Gasteiger partial charge in [0.2, 0.25) is 0 Å². The van der Waals surface area contributed by atoms with Gasteiger partial charge in [-0.05, 0) is 12.0 Å². The van der Waals surface area contributed by atoms with Gasteiger partial charge in [-0.25, -0.2) is 0 Å². The summed E-state index contributed by atoms with van der Waals surface area (Å²) in [6, 6.07) is 9.71. The van der Waals surface area contributed by atoms with E-state index in [9.17, 15) is 0 Å². The normalized spacial score (nSPS) is 12.6. The number of hydrogen-bond acceptors (Lipinski definition) is 2. The smallest absolute Gasteiger partial charge is 0.0837 e. The maximum absolute atomic E-state index is 6.25. The van der Waals surface area contributed by atoms with Crippen LogP contribution in [-0.4, -0.2) is 9.78 Å². The van der Waals surface area contributed by atoms with Crippen molar-refractivity contribution in [1.29, 1.82) is 0 Å². The predicted octanol–water partition coefficient (Wildman–Crippen LogP) is 2.99. The van der Waals surface area contributed by atoms with Crippen LogP contribution in [0.1, 0.15) is 30.6 Å². The second-order valence-corrected chi connectivity index (χ2v) is 4.40. The highest BCUT2D eigenvalue weighted by Crippen LogP contribution is 2.26. The van der Waals surface area contributed by atoms with E-state index in [2.05, 4.69) is 12.0 Å². The lowest BCUT2D eigenvalue weighted by atomic mass is 10.0. The van der Waals surface area contributed by atoms with Crippen molar-refractivity contribution in [3.05, 3.63) is 52.8 Å². The van der Waals surface area contributed by atoms with Gasteiger partial charge in [0.05, 0.1) is 23.0 Å². The van der Waals surface area contributed by atoms with Gasteiger partial charge in [-0.3, -0.25) is 4.68 Å². The summed E-state index contributed by atoms with van der Waals surface area (Å²) in [4.78, 5) is 0. The molecule has 2 N–H and O–H groups in total. The van der Waals surface area contributed by atoms with Gasteiger partial charge < -0.3 is 5.73 Å². The molecule has 2 rings (SSSR count). The molecule has 0 fully saturated rings. The first kappa shape index (κ1) is 12.1. The van der Waals surface area contributed by atoms with Gasteiger partial charge in [0.1, 0.15) is 0 Å². The fourth-order valence-corrected chi connectivity index (χ4v) is 2.15. The summed E-state index contributed by atoms with van der Waals surface area (Å²) in [7, 11) is 0. The van der Waals surface area contributed by atoms with E-state index < -0.39 is 0 Å². The molecule has 0 bridgehead atoms. The van der Waals surface area contributed by atoms with Crippen LogP contribution in [0.3, 0.4) is 0 Å². The Bertz CT molecular complexity index is 479. The number of benzene rings is 1. The van der Waals surface area contributed by atoms with E-state index in [4.69, 9.17) is 17.3 Å². The van der Waals surface area contributed by atoms with Gasteiger partial charge in [0, 0.05) is 6.54 Å². The maximum atomic E-state index is 6.25. The Labute approximate surface area is 106 Å². The standard InChI is InChI=1S/C13H16ClN3/c1-2-8-17-13(11(14)9-16-17)12(15)10-6-4-3-5-7-10/h3-7,9,12H,2,8,15H2,1H3. The predicted molar refractivity (Wildman–Crippen MR) is 70.0 cm³/mol. The first-order valence-electron chi connectivity index (χ1n) is 5.75. The fraction of sp³-hybridized carbons (Fsp3) is 0.308. The molecule has 0 aliphatic heterocycles. The SMILES string of the molecule is CCCn1ncc(Cl)c1C(N)c1ccccc1. The molecular formula is C13H16ClN3. The van der Waals surface area contributed by atoms with Crippen LogP contribution < -0.4 is 5.73 Å². The Morgan fingerprint density at radius 1 is 1.35 bits per heavy atom. The molecule has 0 aliphatic carbocycles. The number of aryl methyl sites for hydroxylation is 1. The molecule has 1 unspecified atom stereocenters. The quantitative estimate of drug-likeness (QED) is 0.905. The third kappa shape index (κ3) is 2.51. The third-order valence-corrected chi connectivity index (χ3v) is 3.01. The van der Waals surface area contributed by atoms with E-state index in [1.807, 2.05) is 35.0 Å². The minimum atomic E-state index is -0.224. The highest BCUT2D eigenvalue weighted by molar-refractivity contribution is 6.31. The monoisotopic (exact) mass is 249 g/mol. The van der Waals surface area contributed by atoms with Gasteiger partial charge in [0.15, 0.2) is 0 Å². The minimum Gasteiger partial charge on any atom is -0.319 e. The van der Waals surface area contributed by atoms with E-state index >= 15 is 0 Å². The summed E-state index contributed by atoms with van der Waals surface area (Å²) in [5.41, 5.74) is 8.18. The van der Waals surface area contributed by atoms with Crippen LogP contribution >= 0.6 is 11.6 Å². The largest absolute Gasteiger partial charge is 0.319 e. The fourth-order valence-electron chi connectivity index (χ4n) is 1.89. The van der Waals surface area contributed by atoms with Crippen LogP contribution in [-0.2, 0) is 6.54 Å². The molecule has 3 nitrogen and oxygen atoms in total. The third-order valence-electron chi connectivity index (χ3n) is 2.72. The van der Waals surface area contributed by atoms with Gasteiger partial charge >= 0.3 is 0 Å². The van der Waals surface area contributed by atoms with Crippen molar-refractivity contribution >= 4 is 11.6 Å². The molecule has 1 aromatic heterocycles. The molecule has 2 aromatic rings. The molecule has 90 valence electrons. The van der Waals surface area contributed by atoms with Crippen LogP contribution in [0, 0.1) is 0 Å². The summed E-state index contributed by atoms with van der Waals surface area (Å²) >= 11 is 6.16. The molecule has 1 atom stereocenters. The number of nitrogens with zero attached hydrogens (tertiary/aromatic N) is 2. The molecule has 0 aliphatic rings. The molecule has 4 heteroatoms. The minimum absolute atomic E-state index is 0.224. The Balaban J connectivity index is 2.36. The lowest BCUT2D eigenvalue weighted by molar-refractivity contribution is 0.560. The van der Waals surface area contributed by atoms with Crippen molar-refractivity contribution in [2.75, 3.05) is 0 Å². The summed E-state index contributed by atoms with van der Waals surface area (Å²) < 4.78 is 1.89. The van der Waals surface area contributed by atoms with Gasteiger partial charge in [-0.2, -0.15) is 5.10 Å². The maximum Gasteiger partial charge on any atom is 0.0837 e. The van der Waals surface area contributed by atoms with Crippen molar-refractivity contribution in [2.45, 2.75) is 25.9 Å². The van der Waals surface area contributed by atoms with Crippen molar-refractivity contribution < 1.29 is 0 Å². The van der Waals surface area contributed by atoms with Gasteiger partial charge in [0.25, 0.3) is 0 Å². The zero-order valence-electron chi connectivity index (χ0n) is 9.81. The van der Waals surface area contributed by atoms with Crippen LogP contribution in [0.2, 0.25) is 5.02 Å². The Morgan fingerprint density at radius 3 is 2.71 bits per heavy atom.